The Morgan fingerprint density at radius 1 is 0.556 bits per heavy atom. The normalized spacial score (nSPS) is 14.2. The summed E-state index contributed by atoms with van der Waals surface area (Å²) in [4.78, 5) is 0. The van der Waals surface area contributed by atoms with Crippen LogP contribution in [0.5, 0.6) is 0 Å². The fourth-order valence-corrected chi connectivity index (χ4v) is 4.98. The van der Waals surface area contributed by atoms with Gasteiger partial charge in [0.05, 0.1) is 0 Å². The number of aliphatic hydroxyl groups is 1. The molecule has 5 rings (SSSR count). The molecule has 1 aliphatic rings. The van der Waals surface area contributed by atoms with Crippen LogP contribution in [0.2, 0.25) is 0 Å². The van der Waals surface area contributed by atoms with E-state index in [4.69, 9.17) is 0 Å². The molecule has 0 unspecified atom stereocenters. The molecule has 4 aromatic rings. The first kappa shape index (κ1) is 16.3. The van der Waals surface area contributed by atoms with E-state index in [1.165, 1.54) is 0 Å². The lowest BCUT2D eigenvalue weighted by Gasteiger charge is -2.32. The minimum atomic E-state index is -1.15. The van der Waals surface area contributed by atoms with Crippen LogP contribution in [0.25, 0.3) is 21.9 Å². The molecule has 1 N–H and O–H groups in total. The van der Waals surface area contributed by atoms with E-state index in [1.54, 1.807) is 0 Å². The van der Waals surface area contributed by atoms with Crippen LogP contribution in [0.1, 0.15) is 33.4 Å². The van der Waals surface area contributed by atoms with Gasteiger partial charge in [-0.05, 0) is 59.4 Å². The fraction of sp³-hybridized carbons (Fsp3) is 0.154. The highest BCUT2D eigenvalue weighted by molar-refractivity contribution is 5.93. The molecule has 0 atom stereocenters. The lowest BCUT2D eigenvalue weighted by Crippen LogP contribution is -2.29. The molecule has 0 amide bonds. The summed E-state index contributed by atoms with van der Waals surface area (Å²) in [6.45, 7) is 6.31. The van der Waals surface area contributed by atoms with Crippen LogP contribution in [-0.2, 0) is 5.60 Å². The monoisotopic (exact) mass is 350 g/mol. The predicted octanol–water partition coefficient (Wildman–Crippen LogP) is 6.03. The van der Waals surface area contributed by atoms with Gasteiger partial charge in [-0.25, -0.2) is 0 Å². The van der Waals surface area contributed by atoms with Gasteiger partial charge in [0.15, 0.2) is 0 Å². The Hall–Kier alpha value is -2.90. The standard InChI is InChI=1S/C26H22O/c1-16-8-6-12-21-22-13-7-9-17(2)25(22)26(27,24(16)21)23-18(3)14-15-19-10-4-5-11-20(19)23/h4-15,27H,1-3H3. The Morgan fingerprint density at radius 3 is 1.74 bits per heavy atom. The van der Waals surface area contributed by atoms with Gasteiger partial charge < -0.3 is 5.11 Å². The number of hydrogen-bond donors (Lipinski definition) is 1. The summed E-state index contributed by atoms with van der Waals surface area (Å²) in [5.74, 6) is 0. The number of aryl methyl sites for hydroxylation is 3. The van der Waals surface area contributed by atoms with Gasteiger partial charge in [-0.1, -0.05) is 72.8 Å². The minimum absolute atomic E-state index is 1.00. The second-order valence-electron chi connectivity index (χ2n) is 7.68. The van der Waals surface area contributed by atoms with E-state index >= 15 is 0 Å². The van der Waals surface area contributed by atoms with Crippen LogP contribution < -0.4 is 0 Å². The van der Waals surface area contributed by atoms with E-state index in [0.29, 0.717) is 0 Å². The van der Waals surface area contributed by atoms with Gasteiger partial charge in [-0.3, -0.25) is 0 Å². The van der Waals surface area contributed by atoms with E-state index in [9.17, 15) is 5.11 Å². The summed E-state index contributed by atoms with van der Waals surface area (Å²) in [7, 11) is 0. The van der Waals surface area contributed by atoms with Crippen molar-refractivity contribution in [1.82, 2.24) is 0 Å². The second kappa shape index (κ2) is 5.55. The fourth-order valence-electron chi connectivity index (χ4n) is 4.98. The summed E-state index contributed by atoms with van der Waals surface area (Å²) < 4.78 is 0. The lowest BCUT2D eigenvalue weighted by molar-refractivity contribution is 0.130. The molecule has 1 nitrogen and oxygen atoms in total. The Morgan fingerprint density at radius 2 is 1.11 bits per heavy atom. The van der Waals surface area contributed by atoms with Crippen LogP contribution in [0.4, 0.5) is 0 Å². The van der Waals surface area contributed by atoms with Crippen molar-refractivity contribution < 1.29 is 5.11 Å². The smallest absolute Gasteiger partial charge is 0.143 e. The molecule has 1 aliphatic carbocycles. The molecule has 0 spiro atoms. The van der Waals surface area contributed by atoms with Crippen molar-refractivity contribution in [3.05, 3.63) is 106 Å². The van der Waals surface area contributed by atoms with Crippen molar-refractivity contribution in [1.29, 1.82) is 0 Å². The largest absolute Gasteiger partial charge is 0.376 e. The first-order valence-corrected chi connectivity index (χ1v) is 9.45. The zero-order chi connectivity index (χ0) is 18.8. The van der Waals surface area contributed by atoms with Crippen molar-refractivity contribution in [3.63, 3.8) is 0 Å². The zero-order valence-corrected chi connectivity index (χ0v) is 15.9. The Bertz CT molecular complexity index is 1160. The number of hydrogen-bond acceptors (Lipinski definition) is 1. The number of rotatable bonds is 1. The second-order valence-corrected chi connectivity index (χ2v) is 7.68. The SMILES string of the molecule is Cc1cccc2c1C(O)(c1c(C)ccc3ccccc13)c1c(C)cccc1-2. The summed E-state index contributed by atoms with van der Waals surface area (Å²) in [6, 6.07) is 25.3. The predicted molar refractivity (Wildman–Crippen MR) is 112 cm³/mol. The van der Waals surface area contributed by atoms with Crippen LogP contribution in [0.15, 0.2) is 72.8 Å². The van der Waals surface area contributed by atoms with Crippen LogP contribution in [0.3, 0.4) is 0 Å². The highest BCUT2D eigenvalue weighted by Crippen LogP contribution is 2.54. The molecule has 0 bridgehead atoms. The number of benzene rings is 4. The highest BCUT2D eigenvalue weighted by atomic mass is 16.3. The van der Waals surface area contributed by atoms with E-state index < -0.39 is 5.60 Å². The van der Waals surface area contributed by atoms with Crippen molar-refractivity contribution in [3.8, 4) is 11.1 Å². The van der Waals surface area contributed by atoms with E-state index in [0.717, 1.165) is 55.3 Å². The maximum atomic E-state index is 12.5. The van der Waals surface area contributed by atoms with Gasteiger partial charge in [-0.2, -0.15) is 0 Å². The van der Waals surface area contributed by atoms with Crippen molar-refractivity contribution in [2.24, 2.45) is 0 Å². The van der Waals surface area contributed by atoms with Gasteiger partial charge in [0.2, 0.25) is 0 Å². The van der Waals surface area contributed by atoms with E-state index in [1.807, 2.05) is 0 Å². The van der Waals surface area contributed by atoms with E-state index in [2.05, 4.69) is 93.6 Å². The van der Waals surface area contributed by atoms with Gasteiger partial charge in [-0.15, -0.1) is 0 Å². The molecule has 0 saturated carbocycles. The average Bonchev–Trinajstić information content (AvgIpc) is 2.93. The Balaban J connectivity index is 2.01. The van der Waals surface area contributed by atoms with Gasteiger partial charge in [0.25, 0.3) is 0 Å². The van der Waals surface area contributed by atoms with Crippen molar-refractivity contribution in [2.45, 2.75) is 26.4 Å². The van der Waals surface area contributed by atoms with Crippen LogP contribution >= 0.6 is 0 Å². The van der Waals surface area contributed by atoms with Crippen LogP contribution in [-0.4, -0.2) is 5.11 Å². The Kier molecular flexibility index (Phi) is 3.35. The summed E-state index contributed by atoms with van der Waals surface area (Å²) >= 11 is 0. The molecule has 0 fully saturated rings. The first-order chi connectivity index (χ1) is 13.0. The van der Waals surface area contributed by atoms with Gasteiger partial charge >= 0.3 is 0 Å². The first-order valence-electron chi connectivity index (χ1n) is 9.45. The zero-order valence-electron chi connectivity index (χ0n) is 15.9. The Labute approximate surface area is 159 Å². The minimum Gasteiger partial charge on any atom is -0.376 e. The van der Waals surface area contributed by atoms with Gasteiger partial charge in [0.1, 0.15) is 5.60 Å². The molecule has 0 radical (unpaired) electrons. The molecular weight excluding hydrogens is 328 g/mol. The molecule has 0 saturated heterocycles. The third-order valence-corrected chi connectivity index (χ3v) is 6.06. The highest BCUT2D eigenvalue weighted by Gasteiger charge is 2.46. The maximum absolute atomic E-state index is 12.5. The third kappa shape index (κ3) is 2.03. The van der Waals surface area contributed by atoms with Crippen molar-refractivity contribution in [2.75, 3.05) is 0 Å². The van der Waals surface area contributed by atoms with Crippen molar-refractivity contribution >= 4 is 10.8 Å². The summed E-state index contributed by atoms with van der Waals surface area (Å²) in [5, 5.41) is 14.8. The lowest BCUT2D eigenvalue weighted by atomic mass is 9.77. The van der Waals surface area contributed by atoms with Gasteiger partial charge in [0, 0.05) is 16.7 Å². The average molecular weight is 350 g/mol. The van der Waals surface area contributed by atoms with Crippen LogP contribution in [0, 0.1) is 20.8 Å². The molecule has 132 valence electrons. The third-order valence-electron chi connectivity index (χ3n) is 6.06. The molecule has 0 aliphatic heterocycles. The molecule has 0 aromatic heterocycles. The quantitative estimate of drug-likeness (QED) is 0.444. The summed E-state index contributed by atoms with van der Waals surface area (Å²) in [6.07, 6.45) is 0. The molecular formula is C26H22O. The molecule has 4 aromatic carbocycles. The topological polar surface area (TPSA) is 20.2 Å². The molecule has 1 heteroatoms. The molecule has 0 heterocycles. The van der Waals surface area contributed by atoms with E-state index in [-0.39, 0.29) is 0 Å². The molecule has 27 heavy (non-hydrogen) atoms. The maximum Gasteiger partial charge on any atom is 0.143 e. The number of fused-ring (bicyclic) bond motifs is 4. The summed E-state index contributed by atoms with van der Waals surface area (Å²) in [5.41, 5.74) is 7.54.